The Bertz CT molecular complexity index is 943. The van der Waals surface area contributed by atoms with E-state index in [9.17, 15) is 9.59 Å². The Kier molecular flexibility index (Phi) is 8.48. The maximum Gasteiger partial charge on any atom is 0.410 e. The van der Waals surface area contributed by atoms with Crippen LogP contribution in [-0.2, 0) is 9.47 Å². The van der Waals surface area contributed by atoms with Crippen molar-refractivity contribution in [3.63, 3.8) is 0 Å². The Morgan fingerprint density at radius 1 is 1.18 bits per heavy atom. The van der Waals surface area contributed by atoms with Crippen molar-refractivity contribution in [3.8, 4) is 11.8 Å². The number of benzene rings is 1. The zero-order valence-corrected chi connectivity index (χ0v) is 21.3. The number of hydrogen-bond acceptors (Lipinski definition) is 5. The van der Waals surface area contributed by atoms with E-state index < -0.39 is 11.5 Å². The first-order valence-corrected chi connectivity index (χ1v) is 12.4. The van der Waals surface area contributed by atoms with Gasteiger partial charge in [0.15, 0.2) is 0 Å². The molecule has 0 spiro atoms. The summed E-state index contributed by atoms with van der Waals surface area (Å²) in [7, 11) is 0. The predicted molar refractivity (Wildman–Crippen MR) is 134 cm³/mol. The molecule has 0 atom stereocenters. The lowest BCUT2D eigenvalue weighted by molar-refractivity contribution is 0.0199. The molecule has 2 heterocycles. The van der Waals surface area contributed by atoms with Crippen LogP contribution in [0.4, 0.5) is 10.5 Å². The molecular weight excluding hydrogens is 430 g/mol. The number of piperidine rings is 1. The van der Waals surface area contributed by atoms with Crippen molar-refractivity contribution in [1.29, 1.82) is 0 Å². The maximum atomic E-state index is 12.3. The van der Waals surface area contributed by atoms with E-state index in [-0.39, 0.29) is 12.0 Å². The summed E-state index contributed by atoms with van der Waals surface area (Å²) in [6.07, 6.45) is 3.27. The predicted octanol–water partition coefficient (Wildman–Crippen LogP) is 4.10. The number of primary amides is 1. The number of hydrogen-bond donors (Lipinski definition) is 1. The fraction of sp³-hybridized carbons (Fsp3) is 0.630. The molecule has 2 amide bonds. The van der Waals surface area contributed by atoms with Crippen LogP contribution in [0.1, 0.15) is 74.9 Å². The Labute approximate surface area is 203 Å². The van der Waals surface area contributed by atoms with Gasteiger partial charge in [-0.25, -0.2) is 4.79 Å². The molecule has 1 aromatic rings. The van der Waals surface area contributed by atoms with Gasteiger partial charge in [-0.05, 0) is 78.0 Å². The monoisotopic (exact) mass is 469 g/mol. The van der Waals surface area contributed by atoms with Crippen LogP contribution in [-0.4, -0.2) is 61.4 Å². The Morgan fingerprint density at radius 3 is 2.38 bits per heavy atom. The minimum atomic E-state index is -0.494. The van der Waals surface area contributed by atoms with Crippen molar-refractivity contribution >= 4 is 17.7 Å². The van der Waals surface area contributed by atoms with Crippen molar-refractivity contribution in [2.45, 2.75) is 71.9 Å². The lowest BCUT2D eigenvalue weighted by Gasteiger charge is -2.36. The quantitative estimate of drug-likeness (QED) is 0.671. The highest BCUT2D eigenvalue weighted by molar-refractivity contribution is 5.96. The molecule has 0 aliphatic carbocycles. The second-order valence-corrected chi connectivity index (χ2v) is 10.2. The van der Waals surface area contributed by atoms with Gasteiger partial charge in [0.05, 0.1) is 0 Å². The lowest BCUT2D eigenvalue weighted by atomic mass is 9.96. The second kappa shape index (κ2) is 11.1. The zero-order valence-electron chi connectivity index (χ0n) is 21.3. The normalized spacial score (nSPS) is 17.6. The van der Waals surface area contributed by atoms with Crippen LogP contribution in [0.15, 0.2) is 12.1 Å². The maximum absolute atomic E-state index is 12.3. The van der Waals surface area contributed by atoms with E-state index in [4.69, 9.17) is 15.2 Å². The van der Waals surface area contributed by atoms with E-state index in [0.717, 1.165) is 62.3 Å². The summed E-state index contributed by atoms with van der Waals surface area (Å²) in [6, 6.07) is 4.27. The lowest BCUT2D eigenvalue weighted by Crippen LogP contribution is -2.41. The van der Waals surface area contributed by atoms with Crippen molar-refractivity contribution < 1.29 is 19.1 Å². The van der Waals surface area contributed by atoms with Crippen LogP contribution >= 0.6 is 0 Å². The van der Waals surface area contributed by atoms with Crippen molar-refractivity contribution in [2.75, 3.05) is 37.7 Å². The average Bonchev–Trinajstić information content (AvgIpc) is 2.79. The molecule has 2 fully saturated rings. The smallest absolute Gasteiger partial charge is 0.410 e. The summed E-state index contributed by atoms with van der Waals surface area (Å²) in [5.41, 5.74) is 8.47. The molecule has 34 heavy (non-hydrogen) atoms. The molecule has 3 rings (SSSR count). The molecule has 0 radical (unpaired) electrons. The van der Waals surface area contributed by atoms with Crippen molar-refractivity contribution in [2.24, 2.45) is 11.7 Å². The van der Waals surface area contributed by atoms with Gasteiger partial charge in [0, 0.05) is 61.6 Å². The molecule has 7 nitrogen and oxygen atoms in total. The number of nitrogens with two attached hydrogens (primary N) is 1. The van der Waals surface area contributed by atoms with Gasteiger partial charge >= 0.3 is 6.09 Å². The number of carbonyl (C=O) groups excluding carboxylic acids is 2. The number of likely N-dealkylation sites (tertiary alicyclic amines) is 1. The van der Waals surface area contributed by atoms with Gasteiger partial charge < -0.3 is 25.0 Å². The van der Waals surface area contributed by atoms with Gasteiger partial charge in [-0.1, -0.05) is 11.8 Å². The second-order valence-electron chi connectivity index (χ2n) is 10.2. The van der Waals surface area contributed by atoms with Crippen LogP contribution in [0.5, 0.6) is 0 Å². The summed E-state index contributed by atoms with van der Waals surface area (Å²) in [4.78, 5) is 28.6. The minimum absolute atomic E-state index is 0.193. The number of rotatable bonds is 4. The topological polar surface area (TPSA) is 85.1 Å². The molecule has 2 N–H and O–H groups in total. The molecule has 0 unspecified atom stereocenters. The van der Waals surface area contributed by atoms with E-state index in [1.54, 1.807) is 4.90 Å². The van der Waals surface area contributed by atoms with Crippen molar-refractivity contribution in [1.82, 2.24) is 4.90 Å². The van der Waals surface area contributed by atoms with Gasteiger partial charge in [0.2, 0.25) is 5.91 Å². The Morgan fingerprint density at radius 2 is 1.82 bits per heavy atom. The average molecular weight is 470 g/mol. The summed E-state index contributed by atoms with van der Waals surface area (Å²) < 4.78 is 11.0. The molecule has 2 aliphatic heterocycles. The van der Waals surface area contributed by atoms with Crippen LogP contribution in [0.2, 0.25) is 0 Å². The van der Waals surface area contributed by atoms with E-state index in [0.29, 0.717) is 24.7 Å². The molecule has 0 aromatic heterocycles. The minimum Gasteiger partial charge on any atom is -0.444 e. The molecule has 2 saturated heterocycles. The number of ether oxygens (including phenoxy) is 2. The van der Waals surface area contributed by atoms with E-state index >= 15 is 0 Å². The molecule has 7 heteroatoms. The third-order valence-corrected chi connectivity index (χ3v) is 6.49. The summed E-state index contributed by atoms with van der Waals surface area (Å²) >= 11 is 0. The van der Waals surface area contributed by atoms with Gasteiger partial charge in [0.1, 0.15) is 5.60 Å². The first-order chi connectivity index (χ1) is 16.1. The first-order valence-electron chi connectivity index (χ1n) is 12.4. The molecule has 0 bridgehead atoms. The van der Waals surface area contributed by atoms with Crippen LogP contribution in [0, 0.1) is 24.7 Å². The summed E-state index contributed by atoms with van der Waals surface area (Å²) in [6.45, 7) is 13.3. The fourth-order valence-electron chi connectivity index (χ4n) is 4.67. The summed E-state index contributed by atoms with van der Waals surface area (Å²) in [5, 5.41) is 0. The first kappa shape index (κ1) is 25.9. The van der Waals surface area contributed by atoms with Crippen LogP contribution in [0.25, 0.3) is 0 Å². The third kappa shape index (κ3) is 6.66. The van der Waals surface area contributed by atoms with Gasteiger partial charge in [0.25, 0.3) is 0 Å². The van der Waals surface area contributed by atoms with E-state index in [2.05, 4.69) is 29.7 Å². The molecular formula is C27H39N3O4. The number of anilines is 1. The van der Waals surface area contributed by atoms with Gasteiger partial charge in [-0.2, -0.15) is 0 Å². The molecule has 1 aromatic carbocycles. The SMILES string of the molecule is CCN(c1cc(C#CC2CCN(C(=O)OC(C)(C)C)CC2)cc(C(N)=O)c1C)C1CCOCC1. The Balaban J connectivity index is 1.77. The van der Waals surface area contributed by atoms with Crippen LogP contribution in [0.3, 0.4) is 0 Å². The summed E-state index contributed by atoms with van der Waals surface area (Å²) in [5.74, 6) is 6.43. The largest absolute Gasteiger partial charge is 0.444 e. The number of amides is 2. The number of carbonyl (C=O) groups is 2. The van der Waals surface area contributed by atoms with Gasteiger partial charge in [-0.3, -0.25) is 4.79 Å². The van der Waals surface area contributed by atoms with Crippen molar-refractivity contribution in [3.05, 3.63) is 28.8 Å². The zero-order chi connectivity index (χ0) is 24.9. The highest BCUT2D eigenvalue weighted by atomic mass is 16.6. The van der Waals surface area contributed by atoms with E-state index in [1.165, 1.54) is 0 Å². The van der Waals surface area contributed by atoms with Crippen LogP contribution < -0.4 is 10.6 Å². The van der Waals surface area contributed by atoms with E-state index in [1.807, 2.05) is 33.8 Å². The standard InChI is InChI=1S/C27H39N3O4/c1-6-30(22-11-15-33-16-12-22)24-18-21(17-23(19(24)2)25(28)31)8-7-20-9-13-29(14-10-20)26(32)34-27(3,4)5/h17-18,20,22H,6,9-16H2,1-5H3,(H2,28,31). The highest BCUT2D eigenvalue weighted by Gasteiger charge is 2.27. The van der Waals surface area contributed by atoms with Gasteiger partial charge in [-0.15, -0.1) is 0 Å². The highest BCUT2D eigenvalue weighted by Crippen LogP contribution is 2.30. The Hall–Kier alpha value is -2.72. The molecule has 2 aliphatic rings. The third-order valence-electron chi connectivity index (χ3n) is 6.49. The molecule has 0 saturated carbocycles. The number of nitrogens with zero attached hydrogens (tertiary/aromatic N) is 2. The fourth-order valence-corrected chi connectivity index (χ4v) is 4.67. The molecule has 186 valence electrons.